The van der Waals surface area contributed by atoms with E-state index in [1.807, 2.05) is 30.3 Å². The standard InChI is InChI=1S/C22H18O5/c1-24-18-13-17(14-19(25-2)21(18)26-3)20-16(11-12-27-22(20)23)10-9-15-7-5-4-6-8-15/h4-8,11-14H,1-3H3. The number of ether oxygens (including phenoxy) is 3. The van der Waals surface area contributed by atoms with Gasteiger partial charge in [-0.3, -0.25) is 0 Å². The summed E-state index contributed by atoms with van der Waals surface area (Å²) in [7, 11) is 4.56. The molecule has 0 saturated heterocycles. The summed E-state index contributed by atoms with van der Waals surface area (Å²) in [5, 5.41) is 0. The van der Waals surface area contributed by atoms with Crippen LogP contribution in [0.5, 0.6) is 17.2 Å². The van der Waals surface area contributed by atoms with Gasteiger partial charge in [-0.2, -0.15) is 0 Å². The highest BCUT2D eigenvalue weighted by atomic mass is 16.5. The van der Waals surface area contributed by atoms with Crippen molar-refractivity contribution < 1.29 is 18.6 Å². The minimum Gasteiger partial charge on any atom is -0.493 e. The van der Waals surface area contributed by atoms with Gasteiger partial charge in [-0.05, 0) is 35.9 Å². The van der Waals surface area contributed by atoms with Gasteiger partial charge in [0, 0.05) is 11.1 Å². The highest BCUT2D eigenvalue weighted by Gasteiger charge is 2.18. The molecule has 27 heavy (non-hydrogen) atoms. The molecule has 0 fully saturated rings. The Hall–Kier alpha value is -3.65. The van der Waals surface area contributed by atoms with Gasteiger partial charge in [0.15, 0.2) is 11.5 Å². The first-order valence-corrected chi connectivity index (χ1v) is 8.17. The molecule has 0 atom stereocenters. The maximum absolute atomic E-state index is 12.5. The van der Waals surface area contributed by atoms with Crippen LogP contribution in [0.3, 0.4) is 0 Å². The van der Waals surface area contributed by atoms with Crippen molar-refractivity contribution in [2.45, 2.75) is 0 Å². The highest BCUT2D eigenvalue weighted by molar-refractivity contribution is 5.75. The monoisotopic (exact) mass is 362 g/mol. The van der Waals surface area contributed by atoms with Gasteiger partial charge >= 0.3 is 5.63 Å². The lowest BCUT2D eigenvalue weighted by Crippen LogP contribution is -2.06. The normalized spacial score (nSPS) is 9.89. The van der Waals surface area contributed by atoms with E-state index in [0.717, 1.165) is 5.56 Å². The van der Waals surface area contributed by atoms with E-state index < -0.39 is 5.63 Å². The third-order valence-electron chi connectivity index (χ3n) is 3.95. The summed E-state index contributed by atoms with van der Waals surface area (Å²) in [5.74, 6) is 7.44. The number of methoxy groups -OCH3 is 3. The average Bonchev–Trinajstić information content (AvgIpc) is 2.71. The van der Waals surface area contributed by atoms with Crippen LogP contribution in [0, 0.1) is 11.8 Å². The Kier molecular flexibility index (Phi) is 5.48. The molecule has 0 amide bonds. The smallest absolute Gasteiger partial charge is 0.344 e. The van der Waals surface area contributed by atoms with Crippen molar-refractivity contribution in [1.29, 1.82) is 0 Å². The second-order valence-electron chi connectivity index (χ2n) is 5.53. The Balaban J connectivity index is 2.18. The zero-order valence-electron chi connectivity index (χ0n) is 15.2. The van der Waals surface area contributed by atoms with E-state index in [2.05, 4.69) is 11.8 Å². The van der Waals surface area contributed by atoms with Gasteiger partial charge in [-0.15, -0.1) is 0 Å². The summed E-state index contributed by atoms with van der Waals surface area (Å²) < 4.78 is 21.2. The Morgan fingerprint density at radius 1 is 0.852 bits per heavy atom. The first-order valence-electron chi connectivity index (χ1n) is 8.17. The fourth-order valence-corrected chi connectivity index (χ4v) is 2.68. The molecule has 0 radical (unpaired) electrons. The van der Waals surface area contributed by atoms with E-state index in [-0.39, 0.29) is 0 Å². The number of benzene rings is 2. The van der Waals surface area contributed by atoms with Gasteiger partial charge in [0.05, 0.1) is 33.2 Å². The molecule has 5 nitrogen and oxygen atoms in total. The summed E-state index contributed by atoms with van der Waals surface area (Å²) in [5.41, 5.74) is 1.80. The first-order chi connectivity index (χ1) is 13.2. The Morgan fingerprint density at radius 3 is 2.11 bits per heavy atom. The van der Waals surface area contributed by atoms with Crippen LogP contribution in [0.2, 0.25) is 0 Å². The van der Waals surface area contributed by atoms with Crippen molar-refractivity contribution in [3.8, 4) is 40.2 Å². The fourth-order valence-electron chi connectivity index (χ4n) is 2.68. The number of hydrogen-bond donors (Lipinski definition) is 0. The zero-order valence-corrected chi connectivity index (χ0v) is 15.2. The van der Waals surface area contributed by atoms with Gasteiger partial charge in [0.25, 0.3) is 0 Å². The summed E-state index contributed by atoms with van der Waals surface area (Å²) in [4.78, 5) is 12.5. The van der Waals surface area contributed by atoms with Crippen LogP contribution in [0.15, 0.2) is 64.0 Å². The van der Waals surface area contributed by atoms with Crippen LogP contribution in [-0.4, -0.2) is 21.3 Å². The molecule has 3 rings (SSSR count). The predicted octanol–water partition coefficient (Wildman–Crippen LogP) is 3.73. The van der Waals surface area contributed by atoms with E-state index in [0.29, 0.717) is 33.9 Å². The van der Waals surface area contributed by atoms with Crippen molar-refractivity contribution in [3.63, 3.8) is 0 Å². The van der Waals surface area contributed by atoms with Crippen molar-refractivity contribution in [1.82, 2.24) is 0 Å². The van der Waals surface area contributed by atoms with E-state index in [9.17, 15) is 4.79 Å². The largest absolute Gasteiger partial charge is 0.493 e. The quantitative estimate of drug-likeness (QED) is 0.662. The minimum absolute atomic E-state index is 0.334. The maximum atomic E-state index is 12.5. The summed E-state index contributed by atoms with van der Waals surface area (Å²) in [6.07, 6.45) is 1.33. The molecule has 0 N–H and O–H groups in total. The van der Waals surface area contributed by atoms with Gasteiger partial charge in [-0.25, -0.2) is 4.79 Å². The van der Waals surface area contributed by atoms with Gasteiger partial charge < -0.3 is 18.6 Å². The number of rotatable bonds is 4. The summed E-state index contributed by atoms with van der Waals surface area (Å²) >= 11 is 0. The third-order valence-corrected chi connectivity index (χ3v) is 3.95. The lowest BCUT2D eigenvalue weighted by atomic mass is 10.0. The van der Waals surface area contributed by atoms with Crippen LogP contribution in [0.4, 0.5) is 0 Å². The minimum atomic E-state index is -0.496. The second kappa shape index (κ2) is 8.15. The van der Waals surface area contributed by atoms with Crippen molar-refractivity contribution in [3.05, 3.63) is 76.3 Å². The molecule has 0 aliphatic rings. The van der Waals surface area contributed by atoms with Crippen molar-refractivity contribution >= 4 is 0 Å². The molecule has 5 heteroatoms. The lowest BCUT2D eigenvalue weighted by molar-refractivity contribution is 0.324. The SMILES string of the molecule is COc1cc(-c2c(C#Cc3ccccc3)ccoc2=O)cc(OC)c1OC. The molecule has 0 aliphatic carbocycles. The average molecular weight is 362 g/mol. The van der Waals surface area contributed by atoms with Crippen LogP contribution < -0.4 is 19.8 Å². The molecule has 0 aliphatic heterocycles. The Bertz CT molecular complexity index is 1030. The second-order valence-corrected chi connectivity index (χ2v) is 5.53. The van der Waals surface area contributed by atoms with Crippen LogP contribution in [0.25, 0.3) is 11.1 Å². The molecule has 136 valence electrons. The Labute approximate surface area is 157 Å². The zero-order chi connectivity index (χ0) is 19.2. The Morgan fingerprint density at radius 2 is 1.52 bits per heavy atom. The lowest BCUT2D eigenvalue weighted by Gasteiger charge is -2.14. The summed E-state index contributed by atoms with van der Waals surface area (Å²) in [6, 6.07) is 14.6. The molecule has 1 heterocycles. The molecule has 0 bridgehead atoms. The van der Waals surface area contributed by atoms with Gasteiger partial charge in [0.1, 0.15) is 0 Å². The molecule has 3 aromatic rings. The molecule has 0 unspecified atom stereocenters. The van der Waals surface area contributed by atoms with Gasteiger partial charge in [0.2, 0.25) is 5.75 Å². The molecular weight excluding hydrogens is 344 g/mol. The molecule has 2 aromatic carbocycles. The predicted molar refractivity (Wildman–Crippen MR) is 102 cm³/mol. The third kappa shape index (κ3) is 3.80. The van der Waals surface area contributed by atoms with Crippen LogP contribution in [-0.2, 0) is 0 Å². The fraction of sp³-hybridized carbons (Fsp3) is 0.136. The molecule has 1 aromatic heterocycles. The van der Waals surface area contributed by atoms with Crippen LogP contribution in [0.1, 0.15) is 11.1 Å². The maximum Gasteiger partial charge on any atom is 0.344 e. The van der Waals surface area contributed by atoms with E-state index >= 15 is 0 Å². The van der Waals surface area contributed by atoms with E-state index in [1.54, 1.807) is 18.2 Å². The summed E-state index contributed by atoms with van der Waals surface area (Å²) in [6.45, 7) is 0. The molecule has 0 spiro atoms. The first kappa shape index (κ1) is 18.2. The molecule has 0 saturated carbocycles. The van der Waals surface area contributed by atoms with Gasteiger partial charge in [-0.1, -0.05) is 30.0 Å². The topological polar surface area (TPSA) is 57.9 Å². The van der Waals surface area contributed by atoms with Crippen molar-refractivity contribution in [2.75, 3.05) is 21.3 Å². The van der Waals surface area contributed by atoms with E-state index in [4.69, 9.17) is 18.6 Å². The van der Waals surface area contributed by atoms with Crippen LogP contribution >= 0.6 is 0 Å². The number of hydrogen-bond acceptors (Lipinski definition) is 5. The highest BCUT2D eigenvalue weighted by Crippen LogP contribution is 2.41. The van der Waals surface area contributed by atoms with E-state index in [1.165, 1.54) is 27.6 Å². The van der Waals surface area contributed by atoms with Crippen molar-refractivity contribution in [2.24, 2.45) is 0 Å². The molecular formula is C22H18O5.